The van der Waals surface area contributed by atoms with Crippen LogP contribution in [0.15, 0.2) is 55.1 Å². The molecule has 3 heterocycles. The van der Waals surface area contributed by atoms with Crippen molar-refractivity contribution < 1.29 is 4.79 Å². The average molecular weight is 388 g/mol. The van der Waals surface area contributed by atoms with E-state index in [1.54, 1.807) is 24.5 Å². The normalized spacial score (nSPS) is 14.4. The Morgan fingerprint density at radius 1 is 1.17 bits per heavy atom. The molecule has 1 amide bonds. The van der Waals surface area contributed by atoms with E-state index in [-0.39, 0.29) is 11.3 Å². The quantitative estimate of drug-likeness (QED) is 0.615. The molecule has 3 aromatic rings. The number of nitrogens with zero attached hydrogens (tertiary/aromatic N) is 3. The van der Waals surface area contributed by atoms with Crippen molar-refractivity contribution in [2.75, 3.05) is 22.5 Å². The molecule has 0 aliphatic carbocycles. The molecule has 0 bridgehead atoms. The van der Waals surface area contributed by atoms with Gasteiger partial charge in [-0.3, -0.25) is 4.79 Å². The maximum absolute atomic E-state index is 12.9. The summed E-state index contributed by atoms with van der Waals surface area (Å²) in [7, 11) is 0. The first-order valence-corrected chi connectivity index (χ1v) is 9.66. The standard InChI is InChI=1S/C22H24N6O/c1-22(2)8-11-24-19-12-15(5-6-18(19)22)28-21(29)17-4-3-9-25-20(17)26-13-16-7-10-23-14-27-16/h3-7,9-10,12,14,24H,8,11,13H2,1-2H3,(H,25,26)(H,28,29). The number of fused-ring (bicyclic) bond motifs is 1. The minimum atomic E-state index is -0.210. The number of amides is 1. The monoisotopic (exact) mass is 388 g/mol. The highest BCUT2D eigenvalue weighted by Gasteiger charge is 2.27. The van der Waals surface area contributed by atoms with Crippen LogP contribution in [0.2, 0.25) is 0 Å². The predicted octanol–water partition coefficient (Wildman–Crippen LogP) is 3.83. The van der Waals surface area contributed by atoms with Gasteiger partial charge in [-0.2, -0.15) is 0 Å². The maximum Gasteiger partial charge on any atom is 0.259 e. The minimum absolute atomic E-state index is 0.130. The van der Waals surface area contributed by atoms with E-state index in [9.17, 15) is 4.79 Å². The summed E-state index contributed by atoms with van der Waals surface area (Å²) in [6.07, 6.45) is 5.92. The number of carbonyl (C=O) groups is 1. The fraction of sp³-hybridized carbons (Fsp3) is 0.273. The summed E-state index contributed by atoms with van der Waals surface area (Å²) in [5, 5.41) is 9.61. The zero-order valence-corrected chi connectivity index (χ0v) is 16.6. The second-order valence-corrected chi connectivity index (χ2v) is 7.73. The van der Waals surface area contributed by atoms with Gasteiger partial charge in [0.1, 0.15) is 12.1 Å². The fourth-order valence-electron chi connectivity index (χ4n) is 3.53. The Balaban J connectivity index is 1.51. The third-order valence-corrected chi connectivity index (χ3v) is 5.20. The van der Waals surface area contributed by atoms with Crippen molar-refractivity contribution in [2.24, 2.45) is 0 Å². The van der Waals surface area contributed by atoms with E-state index in [1.165, 1.54) is 11.9 Å². The Morgan fingerprint density at radius 2 is 2.07 bits per heavy atom. The van der Waals surface area contributed by atoms with Crippen LogP contribution in [-0.4, -0.2) is 27.4 Å². The lowest BCUT2D eigenvalue weighted by Gasteiger charge is -2.33. The van der Waals surface area contributed by atoms with Crippen LogP contribution in [0.1, 0.15) is 41.9 Å². The number of benzene rings is 1. The van der Waals surface area contributed by atoms with Crippen LogP contribution in [0.25, 0.3) is 0 Å². The van der Waals surface area contributed by atoms with Crippen molar-refractivity contribution in [3.8, 4) is 0 Å². The van der Waals surface area contributed by atoms with Gasteiger partial charge in [0.05, 0.1) is 17.8 Å². The number of hydrogen-bond donors (Lipinski definition) is 3. The van der Waals surface area contributed by atoms with Crippen molar-refractivity contribution >= 4 is 23.1 Å². The molecule has 4 rings (SSSR count). The van der Waals surface area contributed by atoms with Gasteiger partial charge in [-0.05, 0) is 47.7 Å². The number of hydrogen-bond acceptors (Lipinski definition) is 6. The van der Waals surface area contributed by atoms with Gasteiger partial charge < -0.3 is 16.0 Å². The Bertz CT molecular complexity index is 1020. The summed E-state index contributed by atoms with van der Waals surface area (Å²) in [5.41, 5.74) is 4.53. The van der Waals surface area contributed by atoms with Gasteiger partial charge in [0.15, 0.2) is 0 Å². The summed E-state index contributed by atoms with van der Waals surface area (Å²) >= 11 is 0. The van der Waals surface area contributed by atoms with Crippen molar-refractivity contribution in [3.05, 3.63) is 71.9 Å². The number of pyridine rings is 1. The second kappa shape index (κ2) is 7.87. The molecule has 7 heteroatoms. The predicted molar refractivity (Wildman–Crippen MR) is 114 cm³/mol. The highest BCUT2D eigenvalue weighted by Crippen LogP contribution is 2.37. The first-order chi connectivity index (χ1) is 14.0. The first-order valence-electron chi connectivity index (χ1n) is 9.66. The Kier molecular flexibility index (Phi) is 5.12. The van der Waals surface area contributed by atoms with Gasteiger partial charge in [0.25, 0.3) is 5.91 Å². The maximum atomic E-state index is 12.9. The van der Waals surface area contributed by atoms with Gasteiger partial charge in [-0.15, -0.1) is 0 Å². The topological polar surface area (TPSA) is 91.8 Å². The summed E-state index contributed by atoms with van der Waals surface area (Å²) in [4.78, 5) is 25.3. The molecule has 3 N–H and O–H groups in total. The Morgan fingerprint density at radius 3 is 2.90 bits per heavy atom. The van der Waals surface area contributed by atoms with Gasteiger partial charge in [-0.25, -0.2) is 15.0 Å². The van der Waals surface area contributed by atoms with Crippen LogP contribution in [0.5, 0.6) is 0 Å². The van der Waals surface area contributed by atoms with Gasteiger partial charge in [0, 0.05) is 30.3 Å². The van der Waals surface area contributed by atoms with Crippen molar-refractivity contribution in [3.63, 3.8) is 0 Å². The molecule has 1 aromatic carbocycles. The summed E-state index contributed by atoms with van der Waals surface area (Å²) in [6.45, 7) is 5.88. The SMILES string of the molecule is CC1(C)CCNc2cc(NC(=O)c3cccnc3NCc3ccncn3)ccc21. The van der Waals surface area contributed by atoms with Crippen LogP contribution in [0, 0.1) is 0 Å². The van der Waals surface area contributed by atoms with Gasteiger partial charge >= 0.3 is 0 Å². The lowest BCUT2D eigenvalue weighted by molar-refractivity contribution is 0.102. The van der Waals surface area contributed by atoms with Crippen LogP contribution >= 0.6 is 0 Å². The highest BCUT2D eigenvalue weighted by atomic mass is 16.1. The minimum Gasteiger partial charge on any atom is -0.385 e. The molecule has 148 valence electrons. The van der Waals surface area contributed by atoms with Gasteiger partial charge in [0.2, 0.25) is 0 Å². The van der Waals surface area contributed by atoms with Crippen LogP contribution in [0.3, 0.4) is 0 Å². The molecule has 0 saturated carbocycles. The molecule has 2 aromatic heterocycles. The molecule has 0 unspecified atom stereocenters. The van der Waals surface area contributed by atoms with E-state index in [0.29, 0.717) is 17.9 Å². The number of rotatable bonds is 5. The number of aromatic nitrogens is 3. The van der Waals surface area contributed by atoms with E-state index in [4.69, 9.17) is 0 Å². The third-order valence-electron chi connectivity index (χ3n) is 5.20. The first kappa shape index (κ1) is 18.9. The fourth-order valence-corrected chi connectivity index (χ4v) is 3.53. The molecule has 0 spiro atoms. The zero-order valence-electron chi connectivity index (χ0n) is 16.6. The highest BCUT2D eigenvalue weighted by molar-refractivity contribution is 6.07. The molecule has 0 radical (unpaired) electrons. The molecule has 0 saturated heterocycles. The van der Waals surface area contributed by atoms with E-state index in [2.05, 4.69) is 50.8 Å². The molecule has 29 heavy (non-hydrogen) atoms. The Hall–Kier alpha value is -3.48. The summed E-state index contributed by atoms with van der Waals surface area (Å²) in [5.74, 6) is 0.305. The number of nitrogens with one attached hydrogen (secondary N) is 3. The molecular formula is C22H24N6O. The zero-order chi connectivity index (χ0) is 20.3. The summed E-state index contributed by atoms with van der Waals surface area (Å²) < 4.78 is 0. The van der Waals surface area contributed by atoms with Crippen LogP contribution < -0.4 is 16.0 Å². The number of carbonyl (C=O) groups excluding carboxylic acids is 1. The van der Waals surface area contributed by atoms with Crippen molar-refractivity contribution in [1.29, 1.82) is 0 Å². The molecule has 1 aliphatic rings. The largest absolute Gasteiger partial charge is 0.385 e. The summed E-state index contributed by atoms with van der Waals surface area (Å²) in [6, 6.07) is 11.4. The number of anilines is 3. The third kappa shape index (κ3) is 4.18. The Labute approximate surface area is 170 Å². The lowest BCUT2D eigenvalue weighted by Crippen LogP contribution is -2.28. The molecule has 1 aliphatic heterocycles. The average Bonchev–Trinajstić information content (AvgIpc) is 2.73. The van der Waals surface area contributed by atoms with E-state index in [1.807, 2.05) is 18.2 Å². The van der Waals surface area contributed by atoms with E-state index < -0.39 is 0 Å². The van der Waals surface area contributed by atoms with Crippen LogP contribution in [-0.2, 0) is 12.0 Å². The van der Waals surface area contributed by atoms with Crippen LogP contribution in [0.4, 0.5) is 17.2 Å². The van der Waals surface area contributed by atoms with E-state index in [0.717, 1.165) is 30.0 Å². The second-order valence-electron chi connectivity index (χ2n) is 7.73. The smallest absolute Gasteiger partial charge is 0.259 e. The molecule has 0 fully saturated rings. The van der Waals surface area contributed by atoms with Gasteiger partial charge in [-0.1, -0.05) is 19.9 Å². The molecule has 7 nitrogen and oxygen atoms in total. The lowest BCUT2D eigenvalue weighted by atomic mass is 9.78. The molecule has 0 atom stereocenters. The molecular weight excluding hydrogens is 364 g/mol. The van der Waals surface area contributed by atoms with Crippen molar-refractivity contribution in [1.82, 2.24) is 15.0 Å². The van der Waals surface area contributed by atoms with Crippen molar-refractivity contribution in [2.45, 2.75) is 32.2 Å². The van der Waals surface area contributed by atoms with E-state index >= 15 is 0 Å².